The molecule has 0 saturated heterocycles. The number of rotatable bonds is 7. The third-order valence-electron chi connectivity index (χ3n) is 3.23. The number of sulfonamides is 1. The van der Waals surface area contributed by atoms with Crippen LogP contribution in [0.1, 0.15) is 43.9 Å². The minimum Gasteiger partial charge on any atom is -0.481 e. The Kier molecular flexibility index (Phi) is 4.90. The number of aryl methyl sites for hydroxylation is 1. The van der Waals surface area contributed by atoms with Crippen molar-refractivity contribution in [2.75, 3.05) is 0 Å². The number of nitrogens with zero attached hydrogens (tertiary/aromatic N) is 2. The number of hydrogen-bond donors (Lipinski definition) is 2. The van der Waals surface area contributed by atoms with E-state index in [4.69, 9.17) is 9.52 Å². The van der Waals surface area contributed by atoms with Crippen LogP contribution in [0.4, 0.5) is 0 Å². The molecule has 1 unspecified atom stereocenters. The van der Waals surface area contributed by atoms with Crippen LogP contribution in [0.3, 0.4) is 0 Å². The third-order valence-corrected chi connectivity index (χ3v) is 4.59. The molecule has 1 atom stereocenters. The highest BCUT2D eigenvalue weighted by Gasteiger charge is 2.27. The van der Waals surface area contributed by atoms with Gasteiger partial charge in [0.05, 0.1) is 18.8 Å². The first-order valence-corrected chi connectivity index (χ1v) is 8.51. The summed E-state index contributed by atoms with van der Waals surface area (Å²) in [5.41, 5.74) is 0. The Balaban J connectivity index is 2.28. The number of furan rings is 1. The summed E-state index contributed by atoms with van der Waals surface area (Å²) in [5, 5.41) is 8.84. The molecule has 2 N–H and O–H groups in total. The zero-order valence-corrected chi connectivity index (χ0v) is 13.9. The normalized spacial score (nSPS) is 13.4. The van der Waals surface area contributed by atoms with Crippen LogP contribution in [-0.2, 0) is 14.8 Å². The van der Waals surface area contributed by atoms with E-state index >= 15 is 0 Å². The molecule has 0 aliphatic heterocycles. The summed E-state index contributed by atoms with van der Waals surface area (Å²) < 4.78 is 34.2. The molecule has 2 aromatic rings. The number of nitrogens with one attached hydrogen (secondary N) is 1. The molecule has 2 heterocycles. The molecule has 9 heteroatoms. The number of aliphatic carboxylic acids is 1. The average Bonchev–Trinajstić information content (AvgIpc) is 3.05. The quantitative estimate of drug-likeness (QED) is 0.794. The fraction of sp³-hybridized carbons (Fsp3) is 0.429. The van der Waals surface area contributed by atoms with Crippen LogP contribution in [0.25, 0.3) is 0 Å². The van der Waals surface area contributed by atoms with E-state index in [0.29, 0.717) is 5.76 Å². The van der Waals surface area contributed by atoms with Gasteiger partial charge < -0.3 is 14.1 Å². The van der Waals surface area contributed by atoms with E-state index in [1.807, 2.05) is 13.8 Å². The van der Waals surface area contributed by atoms with E-state index in [9.17, 15) is 13.2 Å². The maximum Gasteiger partial charge on any atom is 0.305 e. The minimum absolute atomic E-state index is 0.0639. The monoisotopic (exact) mass is 341 g/mol. The first kappa shape index (κ1) is 17.2. The fourth-order valence-corrected chi connectivity index (χ4v) is 3.14. The number of hydrogen-bond acceptors (Lipinski definition) is 5. The van der Waals surface area contributed by atoms with Gasteiger partial charge in [-0.05, 0) is 32.9 Å². The highest BCUT2D eigenvalue weighted by atomic mass is 32.2. The summed E-state index contributed by atoms with van der Waals surface area (Å²) in [4.78, 5) is 14.9. The summed E-state index contributed by atoms with van der Waals surface area (Å²) in [6.45, 7) is 5.48. The van der Waals surface area contributed by atoms with Crippen molar-refractivity contribution in [2.24, 2.45) is 0 Å². The molecule has 0 aliphatic rings. The van der Waals surface area contributed by atoms with Crippen molar-refractivity contribution >= 4 is 16.0 Å². The lowest BCUT2D eigenvalue weighted by Crippen LogP contribution is -2.30. The van der Waals surface area contributed by atoms with Crippen LogP contribution in [0.5, 0.6) is 0 Å². The predicted molar refractivity (Wildman–Crippen MR) is 81.4 cm³/mol. The number of aromatic nitrogens is 2. The second-order valence-corrected chi connectivity index (χ2v) is 7.13. The van der Waals surface area contributed by atoms with Crippen molar-refractivity contribution in [2.45, 2.75) is 44.3 Å². The van der Waals surface area contributed by atoms with Crippen molar-refractivity contribution in [1.82, 2.24) is 14.3 Å². The highest BCUT2D eigenvalue weighted by molar-refractivity contribution is 7.89. The van der Waals surface area contributed by atoms with Crippen molar-refractivity contribution < 1.29 is 22.7 Å². The van der Waals surface area contributed by atoms with Gasteiger partial charge in [-0.15, -0.1) is 0 Å². The van der Waals surface area contributed by atoms with E-state index in [2.05, 4.69) is 9.71 Å². The summed E-state index contributed by atoms with van der Waals surface area (Å²) in [6.07, 6.45) is 2.39. The summed E-state index contributed by atoms with van der Waals surface area (Å²) in [5.74, 6) is -0.324. The summed E-state index contributed by atoms with van der Waals surface area (Å²) in [7, 11) is -3.96. The molecule has 0 aromatic carbocycles. The molecule has 0 fully saturated rings. The Labute approximate surface area is 134 Å². The Morgan fingerprint density at radius 3 is 2.61 bits per heavy atom. The zero-order chi connectivity index (χ0) is 17.2. The van der Waals surface area contributed by atoms with Gasteiger partial charge in [-0.1, -0.05) is 0 Å². The maximum atomic E-state index is 12.4. The first-order chi connectivity index (χ1) is 10.7. The predicted octanol–water partition coefficient (Wildman–Crippen LogP) is 1.86. The van der Waals surface area contributed by atoms with Gasteiger partial charge in [0.2, 0.25) is 0 Å². The van der Waals surface area contributed by atoms with E-state index in [1.165, 1.54) is 12.5 Å². The van der Waals surface area contributed by atoms with Gasteiger partial charge in [0, 0.05) is 12.2 Å². The van der Waals surface area contributed by atoms with E-state index in [-0.39, 0.29) is 16.8 Å². The molecule has 0 amide bonds. The second-order valence-electron chi connectivity index (χ2n) is 5.47. The lowest BCUT2D eigenvalue weighted by molar-refractivity contribution is -0.137. The molecular formula is C14H19N3O5S. The lowest BCUT2D eigenvalue weighted by Gasteiger charge is -2.14. The van der Waals surface area contributed by atoms with Gasteiger partial charge >= 0.3 is 5.97 Å². The molecule has 126 valence electrons. The first-order valence-electron chi connectivity index (χ1n) is 7.03. The van der Waals surface area contributed by atoms with Gasteiger partial charge in [-0.2, -0.15) is 4.72 Å². The van der Waals surface area contributed by atoms with Crippen molar-refractivity contribution in [3.8, 4) is 0 Å². The van der Waals surface area contributed by atoms with E-state index in [1.54, 1.807) is 23.6 Å². The SMILES string of the molecule is Cc1ccc(C(CC(=O)O)NS(=O)(=O)c2cn(C(C)C)cn2)o1. The Hall–Kier alpha value is -2.13. The summed E-state index contributed by atoms with van der Waals surface area (Å²) >= 11 is 0. The Bertz CT molecular complexity index is 791. The standard InChI is InChI=1S/C14H19N3O5S/c1-9(2)17-7-13(15-8-17)23(20,21)16-11(6-14(18)19)12-5-4-10(3)22-12/h4-5,7-9,11,16H,6H2,1-3H3,(H,18,19). The summed E-state index contributed by atoms with van der Waals surface area (Å²) in [6, 6.07) is 2.26. The molecular weight excluding hydrogens is 322 g/mol. The van der Waals surface area contributed by atoms with Gasteiger partial charge in [0.25, 0.3) is 10.0 Å². The van der Waals surface area contributed by atoms with Gasteiger partial charge in [-0.3, -0.25) is 4.79 Å². The zero-order valence-electron chi connectivity index (χ0n) is 13.1. The number of carbonyl (C=O) groups is 1. The molecule has 0 radical (unpaired) electrons. The van der Waals surface area contributed by atoms with Crippen LogP contribution in [0, 0.1) is 6.92 Å². The average molecular weight is 341 g/mol. The smallest absolute Gasteiger partial charge is 0.305 e. The molecule has 8 nitrogen and oxygen atoms in total. The number of carboxylic acid groups (broad SMARTS) is 1. The fourth-order valence-electron chi connectivity index (χ4n) is 2.00. The largest absolute Gasteiger partial charge is 0.481 e. The van der Waals surface area contributed by atoms with Gasteiger partial charge in [-0.25, -0.2) is 13.4 Å². The van der Waals surface area contributed by atoms with E-state index < -0.39 is 28.5 Å². The van der Waals surface area contributed by atoms with Crippen LogP contribution in [0.2, 0.25) is 0 Å². The third kappa shape index (κ3) is 4.20. The molecule has 23 heavy (non-hydrogen) atoms. The molecule has 0 spiro atoms. The van der Waals surface area contributed by atoms with Crippen LogP contribution in [0.15, 0.2) is 34.1 Å². The van der Waals surface area contributed by atoms with Crippen molar-refractivity contribution in [3.05, 3.63) is 36.2 Å². The lowest BCUT2D eigenvalue weighted by atomic mass is 10.2. The Morgan fingerprint density at radius 1 is 1.43 bits per heavy atom. The number of imidazole rings is 1. The topological polar surface area (TPSA) is 114 Å². The molecule has 0 bridgehead atoms. The maximum absolute atomic E-state index is 12.4. The van der Waals surface area contributed by atoms with Crippen LogP contribution in [-0.4, -0.2) is 29.0 Å². The second kappa shape index (κ2) is 6.55. The van der Waals surface area contributed by atoms with Crippen LogP contribution < -0.4 is 4.72 Å². The molecule has 0 aliphatic carbocycles. The molecule has 2 aromatic heterocycles. The van der Waals surface area contributed by atoms with Crippen molar-refractivity contribution in [1.29, 1.82) is 0 Å². The van der Waals surface area contributed by atoms with Crippen molar-refractivity contribution in [3.63, 3.8) is 0 Å². The highest BCUT2D eigenvalue weighted by Crippen LogP contribution is 2.22. The van der Waals surface area contributed by atoms with Gasteiger partial charge in [0.15, 0.2) is 5.03 Å². The Morgan fingerprint density at radius 2 is 2.13 bits per heavy atom. The molecule has 2 rings (SSSR count). The van der Waals surface area contributed by atoms with Gasteiger partial charge in [0.1, 0.15) is 11.5 Å². The van der Waals surface area contributed by atoms with Crippen LogP contribution >= 0.6 is 0 Å². The molecule has 0 saturated carbocycles. The minimum atomic E-state index is -3.96. The number of carboxylic acids is 1. The van der Waals surface area contributed by atoms with E-state index in [0.717, 1.165) is 0 Å².